The highest BCUT2D eigenvalue weighted by atomic mass is 19.4. The van der Waals surface area contributed by atoms with Gasteiger partial charge in [-0.2, -0.15) is 43.9 Å². The molecule has 0 aliphatic heterocycles. The Hall–Kier alpha value is -2.08. The van der Waals surface area contributed by atoms with Crippen molar-refractivity contribution in [3.05, 3.63) is 23.9 Å². The molecular weight excluding hydrogens is 354 g/mol. The van der Waals surface area contributed by atoms with Gasteiger partial charge in [-0.3, -0.25) is 4.79 Å². The van der Waals surface area contributed by atoms with E-state index in [9.17, 15) is 48.7 Å². The molecule has 1 aromatic heterocycles. The van der Waals surface area contributed by atoms with Crippen LogP contribution in [0.25, 0.3) is 0 Å². The quantitative estimate of drug-likeness (QED) is 0.834. The van der Waals surface area contributed by atoms with E-state index in [0.29, 0.717) is 12.3 Å². The first-order chi connectivity index (χ1) is 10.1. The Labute approximate surface area is 120 Å². The number of aromatic nitrogens is 1. The van der Waals surface area contributed by atoms with Crippen LogP contribution in [0, 0.1) is 0 Å². The molecule has 0 saturated carbocycles. The van der Waals surface area contributed by atoms with Crippen LogP contribution in [0.1, 0.15) is 5.56 Å². The van der Waals surface area contributed by atoms with Crippen molar-refractivity contribution in [3.63, 3.8) is 0 Å². The van der Waals surface area contributed by atoms with Gasteiger partial charge in [0.1, 0.15) is 5.82 Å². The van der Waals surface area contributed by atoms with E-state index in [-0.39, 0.29) is 6.07 Å². The van der Waals surface area contributed by atoms with E-state index in [1.807, 2.05) is 0 Å². The molecule has 23 heavy (non-hydrogen) atoms. The number of nitrogens with one attached hydrogen (secondary N) is 1. The zero-order valence-electron chi connectivity index (χ0n) is 10.4. The number of alkyl halides is 10. The molecule has 1 N–H and O–H groups in total. The maximum absolute atomic E-state index is 13.0. The molecule has 0 aliphatic carbocycles. The summed E-state index contributed by atoms with van der Waals surface area (Å²) in [6.07, 6.45) is -11.4. The number of carbonyl (C=O) groups is 1. The minimum atomic E-state index is -6.75. The molecule has 1 rings (SSSR count). The Morgan fingerprint density at radius 3 is 1.91 bits per heavy atom. The van der Waals surface area contributed by atoms with Gasteiger partial charge in [-0.25, -0.2) is 4.98 Å². The van der Waals surface area contributed by atoms with Crippen LogP contribution in [0.3, 0.4) is 0 Å². The summed E-state index contributed by atoms with van der Waals surface area (Å²) in [5.41, 5.74) is -1.49. The van der Waals surface area contributed by atoms with Crippen molar-refractivity contribution in [2.75, 3.05) is 5.32 Å². The fourth-order valence-corrected chi connectivity index (χ4v) is 1.19. The standard InChI is InChI=1S/C10H4F10N2O/c11-7(12,9(16,17)10(18,19)20)6(23)22-5-3-4(1-2-21-5)8(13,14)15/h1-3H,(H,21,22,23). The van der Waals surface area contributed by atoms with E-state index in [2.05, 4.69) is 4.98 Å². The van der Waals surface area contributed by atoms with Gasteiger partial charge in [-0.05, 0) is 12.1 Å². The van der Waals surface area contributed by atoms with Gasteiger partial charge < -0.3 is 5.32 Å². The third-order valence-corrected chi connectivity index (χ3v) is 2.36. The number of hydrogen-bond donors (Lipinski definition) is 1. The highest BCUT2D eigenvalue weighted by Gasteiger charge is 2.76. The molecule has 0 radical (unpaired) electrons. The summed E-state index contributed by atoms with van der Waals surface area (Å²) in [6.45, 7) is 0. The number of carbonyl (C=O) groups excluding carboxylic acids is 1. The average Bonchev–Trinajstić information content (AvgIpc) is 2.36. The van der Waals surface area contributed by atoms with Crippen molar-refractivity contribution in [3.8, 4) is 0 Å². The first kappa shape index (κ1) is 19.0. The summed E-state index contributed by atoms with van der Waals surface area (Å²) in [7, 11) is 0. The van der Waals surface area contributed by atoms with Crippen LogP contribution in [0.4, 0.5) is 49.7 Å². The summed E-state index contributed by atoms with van der Waals surface area (Å²) in [5.74, 6) is -17.4. The number of amides is 1. The lowest BCUT2D eigenvalue weighted by Crippen LogP contribution is -2.57. The molecule has 1 heterocycles. The molecule has 13 heteroatoms. The van der Waals surface area contributed by atoms with Gasteiger partial charge >= 0.3 is 30.1 Å². The Bertz CT molecular complexity index is 592. The van der Waals surface area contributed by atoms with E-state index in [0.717, 1.165) is 5.32 Å². The molecule has 0 aliphatic rings. The molecule has 0 fully saturated rings. The molecule has 1 aromatic rings. The van der Waals surface area contributed by atoms with Crippen molar-refractivity contribution in [1.82, 2.24) is 4.98 Å². The van der Waals surface area contributed by atoms with Crippen molar-refractivity contribution >= 4 is 11.7 Å². The lowest BCUT2D eigenvalue weighted by atomic mass is 10.1. The predicted octanol–water partition coefficient (Wildman–Crippen LogP) is 3.87. The van der Waals surface area contributed by atoms with Gasteiger partial charge in [0, 0.05) is 6.20 Å². The largest absolute Gasteiger partial charge is 0.460 e. The number of halogens is 10. The highest BCUT2D eigenvalue weighted by Crippen LogP contribution is 2.46. The third kappa shape index (κ3) is 3.64. The van der Waals surface area contributed by atoms with Crippen LogP contribution in [-0.4, -0.2) is 28.9 Å². The van der Waals surface area contributed by atoms with Crippen LogP contribution in [0.15, 0.2) is 18.3 Å². The fourth-order valence-electron chi connectivity index (χ4n) is 1.19. The third-order valence-electron chi connectivity index (χ3n) is 2.36. The molecule has 0 atom stereocenters. The van der Waals surface area contributed by atoms with Crippen molar-refractivity contribution in [2.24, 2.45) is 0 Å². The predicted molar refractivity (Wildman–Crippen MR) is 53.8 cm³/mol. The molecule has 0 unspecified atom stereocenters. The smallest absolute Gasteiger partial charge is 0.305 e. The van der Waals surface area contributed by atoms with E-state index in [4.69, 9.17) is 0 Å². The Kier molecular flexibility index (Phi) is 4.56. The van der Waals surface area contributed by atoms with Gasteiger partial charge in [-0.15, -0.1) is 0 Å². The molecule has 0 aromatic carbocycles. The zero-order valence-corrected chi connectivity index (χ0v) is 10.4. The number of pyridine rings is 1. The zero-order chi connectivity index (χ0) is 18.3. The van der Waals surface area contributed by atoms with Crippen molar-refractivity contribution < 1.29 is 48.7 Å². The van der Waals surface area contributed by atoms with Crippen LogP contribution < -0.4 is 5.32 Å². The molecule has 0 saturated heterocycles. The normalized spacial score (nSPS) is 13.8. The molecule has 130 valence electrons. The lowest BCUT2D eigenvalue weighted by molar-refractivity contribution is -0.343. The summed E-state index contributed by atoms with van der Waals surface area (Å²) in [5, 5.41) is 0.793. The van der Waals surface area contributed by atoms with E-state index in [1.54, 1.807) is 0 Å². The molecule has 0 bridgehead atoms. The number of nitrogens with zero attached hydrogens (tertiary/aromatic N) is 1. The first-order valence-electron chi connectivity index (χ1n) is 5.28. The lowest BCUT2D eigenvalue weighted by Gasteiger charge is -2.26. The van der Waals surface area contributed by atoms with Crippen LogP contribution >= 0.6 is 0 Å². The average molecular weight is 358 g/mol. The molecule has 0 spiro atoms. The summed E-state index contributed by atoms with van der Waals surface area (Å²) >= 11 is 0. The Morgan fingerprint density at radius 1 is 0.957 bits per heavy atom. The fraction of sp³-hybridized carbons (Fsp3) is 0.400. The second-order valence-corrected chi connectivity index (χ2v) is 4.03. The number of rotatable bonds is 3. The van der Waals surface area contributed by atoms with E-state index in [1.165, 1.54) is 0 Å². The minimum Gasteiger partial charge on any atom is -0.305 e. The van der Waals surface area contributed by atoms with Crippen molar-refractivity contribution in [1.29, 1.82) is 0 Å². The molecule has 1 amide bonds. The number of anilines is 1. The van der Waals surface area contributed by atoms with Crippen LogP contribution in [0.5, 0.6) is 0 Å². The van der Waals surface area contributed by atoms with Gasteiger partial charge in [0.2, 0.25) is 0 Å². The van der Waals surface area contributed by atoms with Crippen LogP contribution in [-0.2, 0) is 11.0 Å². The van der Waals surface area contributed by atoms with Crippen LogP contribution in [0.2, 0.25) is 0 Å². The maximum Gasteiger partial charge on any atom is 0.460 e. The second-order valence-electron chi connectivity index (χ2n) is 4.03. The van der Waals surface area contributed by atoms with Crippen molar-refractivity contribution in [2.45, 2.75) is 24.2 Å². The summed E-state index contributed by atoms with van der Waals surface area (Å²) < 4.78 is 124. The minimum absolute atomic E-state index is 0.0142. The highest BCUT2D eigenvalue weighted by molar-refractivity contribution is 5.96. The van der Waals surface area contributed by atoms with E-state index < -0.39 is 41.5 Å². The van der Waals surface area contributed by atoms with Gasteiger partial charge in [0.05, 0.1) is 5.56 Å². The maximum atomic E-state index is 13.0. The Morgan fingerprint density at radius 2 is 1.48 bits per heavy atom. The SMILES string of the molecule is O=C(Nc1cc(C(F)(F)F)ccn1)C(F)(F)C(F)(F)C(F)(F)F. The summed E-state index contributed by atoms with van der Waals surface area (Å²) in [6, 6.07) is 0.345. The topological polar surface area (TPSA) is 42.0 Å². The van der Waals surface area contributed by atoms with Gasteiger partial charge in [-0.1, -0.05) is 0 Å². The van der Waals surface area contributed by atoms with E-state index >= 15 is 0 Å². The molecular formula is C10H4F10N2O. The molecule has 3 nitrogen and oxygen atoms in total. The second kappa shape index (κ2) is 5.53. The van der Waals surface area contributed by atoms with Gasteiger partial charge in [0.25, 0.3) is 0 Å². The van der Waals surface area contributed by atoms with Gasteiger partial charge in [0.15, 0.2) is 0 Å². The number of hydrogen-bond acceptors (Lipinski definition) is 2. The summed E-state index contributed by atoms with van der Waals surface area (Å²) in [4.78, 5) is 13.9. The first-order valence-corrected chi connectivity index (χ1v) is 5.28. The monoisotopic (exact) mass is 358 g/mol. The Balaban J connectivity index is 3.09.